The number of aryl methyl sites for hydroxylation is 1. The second-order valence-corrected chi connectivity index (χ2v) is 5.28. The molecule has 0 atom stereocenters. The van der Waals surface area contributed by atoms with Crippen LogP contribution in [0.1, 0.15) is 21.9 Å². The molecule has 0 spiro atoms. The third kappa shape index (κ3) is 2.59. The van der Waals surface area contributed by atoms with E-state index in [-0.39, 0.29) is 0 Å². The summed E-state index contributed by atoms with van der Waals surface area (Å²) >= 11 is 1.56. The lowest BCUT2D eigenvalue weighted by atomic mass is 10.2. The molecule has 0 saturated carbocycles. The SMILES string of the molecule is COC(=O)c1cc(CNc2ncnc3sccc23)oc1C. The minimum atomic E-state index is -0.398. The van der Waals surface area contributed by atoms with Gasteiger partial charge in [0, 0.05) is 0 Å². The van der Waals surface area contributed by atoms with Gasteiger partial charge in [-0.05, 0) is 24.4 Å². The number of carbonyl (C=O) groups excluding carboxylic acids is 1. The van der Waals surface area contributed by atoms with Crippen LogP contribution in [0.25, 0.3) is 10.2 Å². The van der Waals surface area contributed by atoms with E-state index in [1.54, 1.807) is 24.3 Å². The molecule has 0 radical (unpaired) electrons. The molecule has 1 N–H and O–H groups in total. The van der Waals surface area contributed by atoms with E-state index in [1.165, 1.54) is 13.4 Å². The van der Waals surface area contributed by atoms with Gasteiger partial charge in [0.2, 0.25) is 0 Å². The van der Waals surface area contributed by atoms with Crippen LogP contribution in [0.5, 0.6) is 0 Å². The number of nitrogens with one attached hydrogen (secondary N) is 1. The quantitative estimate of drug-likeness (QED) is 0.747. The van der Waals surface area contributed by atoms with E-state index in [2.05, 4.69) is 15.3 Å². The number of nitrogens with zero attached hydrogens (tertiary/aromatic N) is 2. The minimum absolute atomic E-state index is 0.398. The Bertz CT molecular complexity index is 794. The summed E-state index contributed by atoms with van der Waals surface area (Å²) in [5.41, 5.74) is 0.442. The summed E-state index contributed by atoms with van der Waals surface area (Å²) < 4.78 is 10.3. The third-order valence-corrected chi connectivity index (χ3v) is 3.89. The van der Waals surface area contributed by atoms with Crippen LogP contribution in [0.3, 0.4) is 0 Å². The van der Waals surface area contributed by atoms with Gasteiger partial charge in [0.05, 0.1) is 19.0 Å². The lowest BCUT2D eigenvalue weighted by Crippen LogP contribution is -2.02. The van der Waals surface area contributed by atoms with Gasteiger partial charge in [0.25, 0.3) is 0 Å². The topological polar surface area (TPSA) is 77.2 Å². The Labute approximate surface area is 124 Å². The number of carbonyl (C=O) groups is 1. The molecule has 0 aliphatic rings. The summed E-state index contributed by atoms with van der Waals surface area (Å²) in [6, 6.07) is 3.65. The molecule has 3 heterocycles. The summed E-state index contributed by atoms with van der Waals surface area (Å²) in [4.78, 5) is 20.9. The Hall–Kier alpha value is -2.41. The van der Waals surface area contributed by atoms with Gasteiger partial charge >= 0.3 is 5.97 Å². The van der Waals surface area contributed by atoms with Gasteiger partial charge in [-0.15, -0.1) is 11.3 Å². The van der Waals surface area contributed by atoms with Crippen molar-refractivity contribution in [2.45, 2.75) is 13.5 Å². The van der Waals surface area contributed by atoms with Crippen LogP contribution in [-0.4, -0.2) is 23.0 Å². The molecular weight excluding hydrogens is 290 g/mol. The van der Waals surface area contributed by atoms with Gasteiger partial charge in [-0.25, -0.2) is 14.8 Å². The van der Waals surface area contributed by atoms with Gasteiger partial charge in [-0.2, -0.15) is 0 Å². The second kappa shape index (κ2) is 5.53. The number of esters is 1. The molecule has 3 rings (SSSR count). The van der Waals surface area contributed by atoms with E-state index < -0.39 is 5.97 Å². The maximum Gasteiger partial charge on any atom is 0.341 e. The molecule has 3 aromatic heterocycles. The molecule has 0 amide bonds. The van der Waals surface area contributed by atoms with Gasteiger partial charge in [0.15, 0.2) is 0 Å². The first kappa shape index (κ1) is 13.6. The first-order valence-electron chi connectivity index (χ1n) is 6.28. The smallest absolute Gasteiger partial charge is 0.341 e. The Morgan fingerprint density at radius 2 is 2.33 bits per heavy atom. The Balaban J connectivity index is 1.79. The molecule has 0 aliphatic carbocycles. The standard InChI is InChI=1S/C14H13N3O3S/c1-8-11(14(18)19-2)5-9(20-8)6-15-12-10-3-4-21-13(10)17-7-16-12/h3-5,7H,6H2,1-2H3,(H,15,16,17). The Morgan fingerprint density at radius 3 is 3.14 bits per heavy atom. The van der Waals surface area contributed by atoms with Crippen LogP contribution < -0.4 is 5.32 Å². The predicted octanol–water partition coefficient (Wildman–Crippen LogP) is 2.99. The summed E-state index contributed by atoms with van der Waals surface area (Å²) in [7, 11) is 1.35. The highest BCUT2D eigenvalue weighted by Crippen LogP contribution is 2.24. The number of anilines is 1. The van der Waals surface area contributed by atoms with Crippen molar-refractivity contribution >= 4 is 33.3 Å². The van der Waals surface area contributed by atoms with Crippen molar-refractivity contribution in [2.75, 3.05) is 12.4 Å². The molecule has 6 nitrogen and oxygen atoms in total. The first-order valence-corrected chi connectivity index (χ1v) is 7.16. The highest BCUT2D eigenvalue weighted by atomic mass is 32.1. The van der Waals surface area contributed by atoms with Crippen LogP contribution in [0.4, 0.5) is 5.82 Å². The molecule has 108 valence electrons. The van der Waals surface area contributed by atoms with Crippen LogP contribution in [0.15, 0.2) is 28.3 Å². The largest absolute Gasteiger partial charge is 0.465 e. The van der Waals surface area contributed by atoms with Crippen molar-refractivity contribution in [3.05, 3.63) is 40.9 Å². The van der Waals surface area contributed by atoms with Crippen LogP contribution >= 0.6 is 11.3 Å². The number of furan rings is 1. The third-order valence-electron chi connectivity index (χ3n) is 3.07. The van der Waals surface area contributed by atoms with E-state index >= 15 is 0 Å². The van der Waals surface area contributed by atoms with E-state index in [0.29, 0.717) is 23.6 Å². The molecular formula is C14H13N3O3S. The molecule has 0 bridgehead atoms. The van der Waals surface area contributed by atoms with E-state index in [9.17, 15) is 4.79 Å². The van der Waals surface area contributed by atoms with Gasteiger partial charge in [-0.1, -0.05) is 0 Å². The number of hydrogen-bond donors (Lipinski definition) is 1. The molecule has 7 heteroatoms. The zero-order chi connectivity index (χ0) is 14.8. The first-order chi connectivity index (χ1) is 10.2. The number of hydrogen-bond acceptors (Lipinski definition) is 7. The van der Waals surface area contributed by atoms with Crippen molar-refractivity contribution in [1.82, 2.24) is 9.97 Å². The predicted molar refractivity (Wildman–Crippen MR) is 79.5 cm³/mol. The number of aromatic nitrogens is 2. The van der Waals surface area contributed by atoms with Crippen molar-refractivity contribution in [1.29, 1.82) is 0 Å². The van der Waals surface area contributed by atoms with Crippen molar-refractivity contribution in [2.24, 2.45) is 0 Å². The lowest BCUT2D eigenvalue weighted by Gasteiger charge is -2.03. The van der Waals surface area contributed by atoms with Gasteiger partial charge < -0.3 is 14.5 Å². The average molecular weight is 303 g/mol. The van der Waals surface area contributed by atoms with Crippen molar-refractivity contribution in [3.63, 3.8) is 0 Å². The number of thiophene rings is 1. The molecule has 0 aromatic carbocycles. The van der Waals surface area contributed by atoms with Crippen LogP contribution in [-0.2, 0) is 11.3 Å². The van der Waals surface area contributed by atoms with E-state index in [0.717, 1.165) is 16.0 Å². The minimum Gasteiger partial charge on any atom is -0.465 e. The fourth-order valence-electron chi connectivity index (χ4n) is 2.05. The number of rotatable bonds is 4. The number of ether oxygens (including phenoxy) is 1. The summed E-state index contributed by atoms with van der Waals surface area (Å²) in [6.07, 6.45) is 1.52. The highest BCUT2D eigenvalue weighted by molar-refractivity contribution is 7.16. The van der Waals surface area contributed by atoms with Gasteiger partial charge in [0.1, 0.15) is 34.1 Å². The maximum absolute atomic E-state index is 11.5. The van der Waals surface area contributed by atoms with E-state index in [1.807, 2.05) is 11.4 Å². The Kier molecular flexibility index (Phi) is 3.57. The Morgan fingerprint density at radius 1 is 1.48 bits per heavy atom. The van der Waals surface area contributed by atoms with Crippen LogP contribution in [0, 0.1) is 6.92 Å². The van der Waals surface area contributed by atoms with Crippen LogP contribution in [0.2, 0.25) is 0 Å². The van der Waals surface area contributed by atoms with Gasteiger partial charge in [-0.3, -0.25) is 0 Å². The number of methoxy groups -OCH3 is 1. The fraction of sp³-hybridized carbons (Fsp3) is 0.214. The molecule has 0 saturated heterocycles. The van der Waals surface area contributed by atoms with Crippen molar-refractivity contribution < 1.29 is 13.9 Å². The average Bonchev–Trinajstić information content (AvgIpc) is 3.10. The summed E-state index contributed by atoms with van der Waals surface area (Å²) in [5.74, 6) is 1.54. The zero-order valence-corrected chi connectivity index (χ0v) is 12.4. The normalized spacial score (nSPS) is 10.8. The number of fused-ring (bicyclic) bond motifs is 1. The lowest BCUT2D eigenvalue weighted by molar-refractivity contribution is 0.0599. The molecule has 21 heavy (non-hydrogen) atoms. The second-order valence-electron chi connectivity index (χ2n) is 4.39. The van der Waals surface area contributed by atoms with E-state index in [4.69, 9.17) is 9.15 Å². The summed E-state index contributed by atoms with van der Waals surface area (Å²) in [5, 5.41) is 6.14. The monoisotopic (exact) mass is 303 g/mol. The molecule has 0 fully saturated rings. The molecule has 0 unspecified atom stereocenters. The summed E-state index contributed by atoms with van der Waals surface area (Å²) in [6.45, 7) is 2.16. The highest BCUT2D eigenvalue weighted by Gasteiger charge is 2.15. The zero-order valence-electron chi connectivity index (χ0n) is 11.5. The fourth-order valence-corrected chi connectivity index (χ4v) is 2.78. The molecule has 0 aliphatic heterocycles. The molecule has 3 aromatic rings. The maximum atomic E-state index is 11.5. The van der Waals surface area contributed by atoms with Crippen molar-refractivity contribution in [3.8, 4) is 0 Å².